The first kappa shape index (κ1) is 26.3. The minimum atomic E-state index is 0. The van der Waals surface area contributed by atoms with Crippen molar-refractivity contribution in [3.05, 3.63) is 59.7 Å². The van der Waals surface area contributed by atoms with E-state index in [-0.39, 0.29) is 24.0 Å². The van der Waals surface area contributed by atoms with Crippen molar-refractivity contribution in [1.82, 2.24) is 10.2 Å². The maximum absolute atomic E-state index is 9.32. The number of nitrogens with zero attached hydrogens (tertiary/aromatic N) is 3. The predicted octanol–water partition coefficient (Wildman–Crippen LogP) is 4.12. The van der Waals surface area contributed by atoms with Crippen LogP contribution in [-0.4, -0.2) is 56.4 Å². The van der Waals surface area contributed by atoms with Crippen LogP contribution in [0.5, 0.6) is 5.75 Å². The number of benzene rings is 2. The number of aliphatic imine (C=N–C) groups is 1. The van der Waals surface area contributed by atoms with Gasteiger partial charge in [-0.05, 0) is 61.1 Å². The minimum Gasteiger partial charge on any atom is -0.497 e. The van der Waals surface area contributed by atoms with Gasteiger partial charge in [0.25, 0.3) is 0 Å². The van der Waals surface area contributed by atoms with Crippen molar-refractivity contribution in [2.75, 3.05) is 45.3 Å². The van der Waals surface area contributed by atoms with Gasteiger partial charge in [0.05, 0.1) is 13.7 Å². The van der Waals surface area contributed by atoms with Crippen LogP contribution in [0, 0.1) is 5.92 Å². The summed E-state index contributed by atoms with van der Waals surface area (Å²) in [6, 6.07) is 16.9. The van der Waals surface area contributed by atoms with Gasteiger partial charge >= 0.3 is 0 Å². The molecule has 0 aliphatic carbocycles. The van der Waals surface area contributed by atoms with Crippen LogP contribution in [0.3, 0.4) is 0 Å². The molecular formula is C25H37IN4O2. The Kier molecular flexibility index (Phi) is 11.1. The topological polar surface area (TPSA) is 60.3 Å². The van der Waals surface area contributed by atoms with Crippen molar-refractivity contribution in [3.8, 4) is 5.75 Å². The molecule has 0 saturated carbocycles. The zero-order valence-electron chi connectivity index (χ0n) is 19.5. The van der Waals surface area contributed by atoms with Crippen LogP contribution < -0.4 is 15.0 Å². The SMILES string of the molecule is CCNC(=NCc1ccc(N2CCC(CO)CC2)cc1)N(C)Cc1ccc(OC)cc1.I. The number of methoxy groups -OCH3 is 1. The van der Waals surface area contributed by atoms with Crippen molar-refractivity contribution >= 4 is 35.6 Å². The minimum absolute atomic E-state index is 0. The van der Waals surface area contributed by atoms with Gasteiger partial charge in [-0.15, -0.1) is 24.0 Å². The lowest BCUT2D eigenvalue weighted by Crippen LogP contribution is -2.38. The molecule has 1 aliphatic rings. The Morgan fingerprint density at radius 1 is 1.09 bits per heavy atom. The molecule has 32 heavy (non-hydrogen) atoms. The first-order valence-corrected chi connectivity index (χ1v) is 11.2. The summed E-state index contributed by atoms with van der Waals surface area (Å²) in [5, 5.41) is 12.7. The Balaban J connectivity index is 0.00000363. The largest absolute Gasteiger partial charge is 0.497 e. The normalized spacial score (nSPS) is 14.6. The van der Waals surface area contributed by atoms with Crippen LogP contribution in [0.15, 0.2) is 53.5 Å². The Morgan fingerprint density at radius 2 is 1.72 bits per heavy atom. The molecule has 1 heterocycles. The average Bonchev–Trinajstić information content (AvgIpc) is 2.82. The van der Waals surface area contributed by atoms with E-state index in [1.807, 2.05) is 12.1 Å². The van der Waals surface area contributed by atoms with Gasteiger partial charge < -0.3 is 25.0 Å². The highest BCUT2D eigenvalue weighted by molar-refractivity contribution is 14.0. The molecule has 0 aromatic heterocycles. The maximum Gasteiger partial charge on any atom is 0.194 e. The average molecular weight is 553 g/mol. The van der Waals surface area contributed by atoms with Crippen molar-refractivity contribution in [2.45, 2.75) is 32.9 Å². The zero-order chi connectivity index (χ0) is 22.1. The van der Waals surface area contributed by atoms with Gasteiger partial charge in [-0.1, -0.05) is 24.3 Å². The van der Waals surface area contributed by atoms with Crippen LogP contribution in [0.2, 0.25) is 0 Å². The van der Waals surface area contributed by atoms with Crippen molar-refractivity contribution in [1.29, 1.82) is 0 Å². The smallest absolute Gasteiger partial charge is 0.194 e. The summed E-state index contributed by atoms with van der Waals surface area (Å²) in [5.41, 5.74) is 3.66. The number of anilines is 1. The molecule has 1 aliphatic heterocycles. The highest BCUT2D eigenvalue weighted by Crippen LogP contribution is 2.23. The summed E-state index contributed by atoms with van der Waals surface area (Å²) in [5.74, 6) is 2.23. The highest BCUT2D eigenvalue weighted by atomic mass is 127. The van der Waals surface area contributed by atoms with E-state index < -0.39 is 0 Å². The van der Waals surface area contributed by atoms with Gasteiger partial charge in [-0.2, -0.15) is 0 Å². The van der Waals surface area contributed by atoms with Crippen molar-refractivity contribution < 1.29 is 9.84 Å². The predicted molar refractivity (Wildman–Crippen MR) is 143 cm³/mol. The summed E-state index contributed by atoms with van der Waals surface area (Å²) < 4.78 is 5.24. The number of aliphatic hydroxyl groups excluding tert-OH is 1. The third-order valence-electron chi connectivity index (χ3n) is 5.86. The van der Waals surface area contributed by atoms with E-state index in [2.05, 4.69) is 65.5 Å². The molecule has 176 valence electrons. The molecule has 0 amide bonds. The lowest BCUT2D eigenvalue weighted by molar-refractivity contribution is 0.203. The van der Waals surface area contributed by atoms with E-state index in [4.69, 9.17) is 9.73 Å². The van der Waals surface area contributed by atoms with E-state index in [0.29, 0.717) is 19.1 Å². The van der Waals surface area contributed by atoms with Crippen molar-refractivity contribution in [3.63, 3.8) is 0 Å². The summed E-state index contributed by atoms with van der Waals surface area (Å²) in [7, 11) is 3.74. The van der Waals surface area contributed by atoms with Gasteiger partial charge in [0.2, 0.25) is 0 Å². The molecule has 0 atom stereocenters. The van der Waals surface area contributed by atoms with Crippen molar-refractivity contribution in [2.24, 2.45) is 10.9 Å². The molecule has 0 unspecified atom stereocenters. The van der Waals surface area contributed by atoms with Crippen LogP contribution in [0.1, 0.15) is 30.9 Å². The molecule has 6 nitrogen and oxygen atoms in total. The lowest BCUT2D eigenvalue weighted by atomic mass is 9.97. The molecule has 2 aromatic carbocycles. The number of hydrogen-bond acceptors (Lipinski definition) is 4. The summed E-state index contributed by atoms with van der Waals surface area (Å²) >= 11 is 0. The van der Waals surface area contributed by atoms with E-state index in [1.165, 1.54) is 16.8 Å². The van der Waals surface area contributed by atoms with Gasteiger partial charge in [-0.3, -0.25) is 0 Å². The third-order valence-corrected chi connectivity index (χ3v) is 5.86. The number of halogens is 1. The molecule has 3 rings (SSSR count). The Labute approximate surface area is 209 Å². The fraction of sp³-hybridized carbons (Fsp3) is 0.480. The van der Waals surface area contributed by atoms with Gasteiger partial charge in [0.15, 0.2) is 5.96 Å². The number of guanidine groups is 1. The summed E-state index contributed by atoms with van der Waals surface area (Å²) in [6.07, 6.45) is 2.13. The molecule has 0 radical (unpaired) electrons. The summed E-state index contributed by atoms with van der Waals surface area (Å²) in [4.78, 5) is 9.39. The van der Waals surface area contributed by atoms with Gasteiger partial charge in [-0.25, -0.2) is 4.99 Å². The van der Waals surface area contributed by atoms with E-state index >= 15 is 0 Å². The number of hydrogen-bond donors (Lipinski definition) is 2. The molecule has 0 spiro atoms. The first-order valence-electron chi connectivity index (χ1n) is 11.2. The molecule has 2 N–H and O–H groups in total. The second-order valence-electron chi connectivity index (χ2n) is 8.15. The van der Waals surface area contributed by atoms with E-state index in [9.17, 15) is 5.11 Å². The van der Waals surface area contributed by atoms with E-state index in [1.54, 1.807) is 7.11 Å². The monoisotopic (exact) mass is 552 g/mol. The second-order valence-corrected chi connectivity index (χ2v) is 8.15. The Morgan fingerprint density at radius 3 is 2.28 bits per heavy atom. The molecule has 0 bridgehead atoms. The van der Waals surface area contributed by atoms with Gasteiger partial charge in [0.1, 0.15) is 5.75 Å². The number of nitrogens with one attached hydrogen (secondary N) is 1. The third kappa shape index (κ3) is 7.55. The van der Waals surface area contributed by atoms with Crippen LogP contribution in [0.25, 0.3) is 0 Å². The number of aliphatic hydroxyl groups is 1. The van der Waals surface area contributed by atoms with Crippen LogP contribution >= 0.6 is 24.0 Å². The molecule has 7 heteroatoms. The highest BCUT2D eigenvalue weighted by Gasteiger charge is 2.18. The quantitative estimate of drug-likeness (QED) is 0.293. The Hall–Kier alpha value is -2.00. The number of rotatable bonds is 8. The maximum atomic E-state index is 9.32. The van der Waals surface area contributed by atoms with Crippen LogP contribution in [0.4, 0.5) is 5.69 Å². The number of ether oxygens (including phenoxy) is 1. The second kappa shape index (κ2) is 13.5. The summed E-state index contributed by atoms with van der Waals surface area (Å²) in [6.45, 7) is 6.68. The fourth-order valence-electron chi connectivity index (χ4n) is 3.90. The molecule has 1 fully saturated rings. The fourth-order valence-corrected chi connectivity index (χ4v) is 3.90. The van der Waals surface area contributed by atoms with Gasteiger partial charge in [0, 0.05) is 45.5 Å². The number of piperidine rings is 1. The Bertz CT molecular complexity index is 819. The van der Waals surface area contributed by atoms with E-state index in [0.717, 1.165) is 50.7 Å². The lowest BCUT2D eigenvalue weighted by Gasteiger charge is -2.32. The molecular weight excluding hydrogens is 515 g/mol. The van der Waals surface area contributed by atoms with Crippen LogP contribution in [-0.2, 0) is 13.1 Å². The molecule has 2 aromatic rings. The standard InChI is InChI=1S/C25H36N4O2.HI/c1-4-26-25(28(2)18-21-7-11-24(31-3)12-8-21)27-17-20-5-9-23(10-6-20)29-15-13-22(19-30)14-16-29;/h5-12,22,30H,4,13-19H2,1-3H3,(H,26,27);1H. The molecule has 1 saturated heterocycles. The zero-order valence-corrected chi connectivity index (χ0v) is 21.8. The first-order chi connectivity index (χ1) is 15.1.